The van der Waals surface area contributed by atoms with E-state index in [9.17, 15) is 10.1 Å². The Labute approximate surface area is 118 Å². The lowest BCUT2D eigenvalue weighted by Crippen LogP contribution is -2.14. The van der Waals surface area contributed by atoms with Crippen LogP contribution in [0, 0.1) is 10.1 Å². The molecule has 0 saturated carbocycles. The van der Waals surface area contributed by atoms with Crippen LogP contribution in [0.25, 0.3) is 0 Å². The molecule has 0 aliphatic rings. The second-order valence-corrected chi connectivity index (χ2v) is 4.81. The van der Waals surface area contributed by atoms with Gasteiger partial charge in [-0.25, -0.2) is 0 Å². The summed E-state index contributed by atoms with van der Waals surface area (Å²) in [5.41, 5.74) is 1.74. The van der Waals surface area contributed by atoms with Crippen molar-refractivity contribution in [2.45, 2.75) is 13.1 Å². The fourth-order valence-corrected chi connectivity index (χ4v) is 2.13. The summed E-state index contributed by atoms with van der Waals surface area (Å²) in [6.45, 7) is 1.09. The van der Waals surface area contributed by atoms with Gasteiger partial charge in [-0.3, -0.25) is 10.1 Å². The van der Waals surface area contributed by atoms with Crippen LogP contribution in [0.2, 0.25) is 0 Å². The first kappa shape index (κ1) is 13.6. The van der Waals surface area contributed by atoms with E-state index in [1.54, 1.807) is 12.3 Å². The van der Waals surface area contributed by atoms with Crippen LogP contribution in [0.4, 0.5) is 5.69 Å². The number of nitrogens with one attached hydrogen (secondary N) is 1. The molecule has 7 heteroatoms. The van der Waals surface area contributed by atoms with Crippen LogP contribution in [-0.4, -0.2) is 15.1 Å². The van der Waals surface area contributed by atoms with Crippen LogP contribution >= 0.6 is 15.9 Å². The molecule has 0 aliphatic carbocycles. The Bertz CT molecular complexity index is 577. The monoisotopic (exact) mass is 322 g/mol. The van der Waals surface area contributed by atoms with Gasteiger partial charge >= 0.3 is 0 Å². The van der Waals surface area contributed by atoms with Crippen molar-refractivity contribution in [2.75, 3.05) is 0 Å². The van der Waals surface area contributed by atoms with Gasteiger partial charge in [0.25, 0.3) is 5.69 Å². The van der Waals surface area contributed by atoms with Crippen molar-refractivity contribution in [1.82, 2.24) is 15.5 Å². The standard InChI is InChI=1S/C12H11BrN4O2/c13-10-4-9(5-12(6-10)17(18)19)7-14-8-11-2-1-3-15-16-11/h1-6,14H,7-8H2. The van der Waals surface area contributed by atoms with Crippen molar-refractivity contribution in [2.24, 2.45) is 0 Å². The van der Waals surface area contributed by atoms with E-state index in [0.29, 0.717) is 17.6 Å². The smallest absolute Gasteiger partial charge is 0.270 e. The van der Waals surface area contributed by atoms with Gasteiger partial charge in [-0.1, -0.05) is 15.9 Å². The van der Waals surface area contributed by atoms with Gasteiger partial charge in [0, 0.05) is 35.9 Å². The van der Waals surface area contributed by atoms with Gasteiger partial charge in [-0.15, -0.1) is 0 Å². The molecule has 0 saturated heterocycles. The summed E-state index contributed by atoms with van der Waals surface area (Å²) in [6, 6.07) is 8.55. The fraction of sp³-hybridized carbons (Fsp3) is 0.167. The highest BCUT2D eigenvalue weighted by atomic mass is 79.9. The minimum atomic E-state index is -0.406. The molecule has 0 radical (unpaired) electrons. The highest BCUT2D eigenvalue weighted by Gasteiger charge is 2.08. The number of hydrogen-bond donors (Lipinski definition) is 1. The fourth-order valence-electron chi connectivity index (χ4n) is 1.60. The van der Waals surface area contributed by atoms with Crippen molar-refractivity contribution in [3.8, 4) is 0 Å². The lowest BCUT2D eigenvalue weighted by molar-refractivity contribution is -0.385. The summed E-state index contributed by atoms with van der Waals surface area (Å²) in [6.07, 6.45) is 1.61. The molecule has 98 valence electrons. The number of non-ortho nitro benzene ring substituents is 1. The minimum Gasteiger partial charge on any atom is -0.307 e. The molecule has 0 aliphatic heterocycles. The predicted octanol–water partition coefficient (Wildman–Crippen LogP) is 2.44. The Kier molecular flexibility index (Phi) is 4.53. The number of halogens is 1. The van der Waals surface area contributed by atoms with Gasteiger partial charge in [0.05, 0.1) is 10.6 Å². The average molecular weight is 323 g/mol. The largest absolute Gasteiger partial charge is 0.307 e. The molecule has 1 N–H and O–H groups in total. The molecular weight excluding hydrogens is 312 g/mol. The highest BCUT2D eigenvalue weighted by Crippen LogP contribution is 2.21. The number of nitro benzene ring substituents is 1. The van der Waals surface area contributed by atoms with E-state index in [1.165, 1.54) is 6.07 Å². The third-order valence-corrected chi connectivity index (χ3v) is 2.87. The van der Waals surface area contributed by atoms with Crippen molar-refractivity contribution in [1.29, 1.82) is 0 Å². The first-order chi connectivity index (χ1) is 9.15. The molecule has 0 unspecified atom stereocenters. The molecule has 0 fully saturated rings. The summed E-state index contributed by atoms with van der Waals surface area (Å²) in [4.78, 5) is 10.3. The number of benzene rings is 1. The zero-order valence-electron chi connectivity index (χ0n) is 9.91. The van der Waals surface area contributed by atoms with E-state index in [0.717, 1.165) is 11.3 Å². The highest BCUT2D eigenvalue weighted by molar-refractivity contribution is 9.10. The quantitative estimate of drug-likeness (QED) is 0.675. The topological polar surface area (TPSA) is 81.0 Å². The number of rotatable bonds is 5. The van der Waals surface area contributed by atoms with Gasteiger partial charge in [-0.05, 0) is 23.8 Å². The summed E-state index contributed by atoms with van der Waals surface area (Å²) in [7, 11) is 0. The zero-order chi connectivity index (χ0) is 13.7. The Morgan fingerprint density at radius 2 is 2.16 bits per heavy atom. The summed E-state index contributed by atoms with van der Waals surface area (Å²) >= 11 is 3.26. The van der Waals surface area contributed by atoms with Gasteiger partial charge in [-0.2, -0.15) is 10.2 Å². The molecule has 6 nitrogen and oxygen atoms in total. The molecule has 2 aromatic rings. The second kappa shape index (κ2) is 6.35. The molecule has 2 rings (SSSR count). The van der Waals surface area contributed by atoms with Gasteiger partial charge in [0.15, 0.2) is 0 Å². The normalized spacial score (nSPS) is 10.4. The van der Waals surface area contributed by atoms with Crippen LogP contribution < -0.4 is 5.32 Å². The van der Waals surface area contributed by atoms with Gasteiger partial charge < -0.3 is 5.32 Å². The van der Waals surface area contributed by atoms with Crippen LogP contribution in [-0.2, 0) is 13.1 Å². The first-order valence-corrected chi connectivity index (χ1v) is 6.35. The molecule has 0 amide bonds. The second-order valence-electron chi connectivity index (χ2n) is 3.89. The van der Waals surface area contributed by atoms with E-state index >= 15 is 0 Å². The third-order valence-electron chi connectivity index (χ3n) is 2.42. The van der Waals surface area contributed by atoms with Gasteiger partial charge in [0.1, 0.15) is 0 Å². The van der Waals surface area contributed by atoms with Crippen LogP contribution in [0.5, 0.6) is 0 Å². The molecule has 0 atom stereocenters. The maximum atomic E-state index is 10.7. The number of aromatic nitrogens is 2. The van der Waals surface area contributed by atoms with Crippen LogP contribution in [0.3, 0.4) is 0 Å². The van der Waals surface area contributed by atoms with Gasteiger partial charge in [0.2, 0.25) is 0 Å². The van der Waals surface area contributed by atoms with Crippen molar-refractivity contribution in [3.05, 3.63) is 62.4 Å². The summed E-state index contributed by atoms with van der Waals surface area (Å²) in [5.74, 6) is 0. The van der Waals surface area contributed by atoms with Crippen LogP contribution in [0.15, 0.2) is 41.0 Å². The Morgan fingerprint density at radius 1 is 1.32 bits per heavy atom. The Hall–Kier alpha value is -1.86. The van der Waals surface area contributed by atoms with E-state index in [2.05, 4.69) is 31.4 Å². The molecule has 0 bridgehead atoms. The SMILES string of the molecule is O=[N+]([O-])c1cc(Br)cc(CNCc2cccnn2)c1. The van der Waals surface area contributed by atoms with E-state index in [-0.39, 0.29) is 5.69 Å². The average Bonchev–Trinajstić information content (AvgIpc) is 2.39. The summed E-state index contributed by atoms with van der Waals surface area (Å²) < 4.78 is 0.693. The molecule has 1 aromatic heterocycles. The number of nitrogens with zero attached hydrogens (tertiary/aromatic N) is 3. The number of hydrogen-bond acceptors (Lipinski definition) is 5. The van der Waals surface area contributed by atoms with Crippen LogP contribution in [0.1, 0.15) is 11.3 Å². The number of nitro groups is 1. The first-order valence-electron chi connectivity index (χ1n) is 5.56. The Morgan fingerprint density at radius 3 is 2.84 bits per heavy atom. The molecule has 19 heavy (non-hydrogen) atoms. The molecule has 1 aromatic carbocycles. The third kappa shape index (κ3) is 4.08. The zero-order valence-corrected chi connectivity index (χ0v) is 11.5. The molecule has 1 heterocycles. The van der Waals surface area contributed by atoms with E-state index < -0.39 is 4.92 Å². The predicted molar refractivity (Wildman–Crippen MR) is 73.4 cm³/mol. The van der Waals surface area contributed by atoms with Crippen molar-refractivity contribution >= 4 is 21.6 Å². The van der Waals surface area contributed by atoms with E-state index in [4.69, 9.17) is 0 Å². The minimum absolute atomic E-state index is 0.0747. The maximum Gasteiger partial charge on any atom is 0.270 e. The van der Waals surface area contributed by atoms with Crippen molar-refractivity contribution in [3.63, 3.8) is 0 Å². The summed E-state index contributed by atoms with van der Waals surface area (Å²) in [5, 5.41) is 21.6. The maximum absolute atomic E-state index is 10.7. The van der Waals surface area contributed by atoms with Crippen molar-refractivity contribution < 1.29 is 4.92 Å². The lowest BCUT2D eigenvalue weighted by atomic mass is 10.2. The molecular formula is C12H11BrN4O2. The lowest BCUT2D eigenvalue weighted by Gasteiger charge is -2.05. The molecule has 0 spiro atoms. The Balaban J connectivity index is 1.98. The van der Waals surface area contributed by atoms with E-state index in [1.807, 2.05) is 18.2 Å².